The van der Waals surface area contributed by atoms with Gasteiger partial charge in [0.2, 0.25) is 0 Å². The number of nitrogens with one attached hydrogen (secondary N) is 2. The number of H-pyrrole nitrogens is 1. The molecule has 7 nitrogen and oxygen atoms in total. The molecule has 1 amide bonds. The van der Waals surface area contributed by atoms with Gasteiger partial charge in [0.1, 0.15) is 0 Å². The molecule has 0 aliphatic carbocycles. The Morgan fingerprint density at radius 1 is 1.42 bits per heavy atom. The predicted octanol–water partition coefficient (Wildman–Crippen LogP) is 2.42. The summed E-state index contributed by atoms with van der Waals surface area (Å²) in [6, 6.07) is 5.60. The van der Waals surface area contributed by atoms with Crippen LogP contribution in [-0.4, -0.2) is 39.0 Å². The van der Waals surface area contributed by atoms with Crippen LogP contribution in [0.15, 0.2) is 24.4 Å². The number of rotatable bonds is 4. The first kappa shape index (κ1) is 16.8. The zero-order valence-corrected chi connectivity index (χ0v) is 15.2. The maximum absolute atomic E-state index is 12.7. The Hall–Kier alpha value is -2.67. The summed E-state index contributed by atoms with van der Waals surface area (Å²) in [6.45, 7) is 5.35. The molecular weight excluding hydrogens is 330 g/mol. The first-order chi connectivity index (χ1) is 12.6. The predicted molar refractivity (Wildman–Crippen MR) is 97.9 cm³/mol. The number of aryl methyl sites for hydroxylation is 2. The van der Waals surface area contributed by atoms with Crippen LogP contribution in [0.4, 0.5) is 0 Å². The second-order valence-electron chi connectivity index (χ2n) is 6.90. The minimum atomic E-state index is -0.0812. The Morgan fingerprint density at radius 2 is 2.27 bits per heavy atom. The smallest absolute Gasteiger partial charge is 0.252 e. The van der Waals surface area contributed by atoms with E-state index >= 15 is 0 Å². The summed E-state index contributed by atoms with van der Waals surface area (Å²) in [5.74, 6) is 0.159. The molecule has 1 fully saturated rings. The number of carbonyl (C=O) groups is 1. The molecule has 26 heavy (non-hydrogen) atoms. The van der Waals surface area contributed by atoms with Gasteiger partial charge in [0.25, 0.3) is 5.91 Å². The van der Waals surface area contributed by atoms with Crippen LogP contribution in [0, 0.1) is 19.8 Å². The SMILES string of the molecule is Cc1nn(C)c(C)c1[C@H]1OCC[C@@H]1CNC(=O)c1cccc2[nH]ncc12. The average molecular weight is 353 g/mol. The van der Waals surface area contributed by atoms with Crippen molar-refractivity contribution < 1.29 is 9.53 Å². The zero-order valence-electron chi connectivity index (χ0n) is 15.2. The molecule has 2 aromatic heterocycles. The highest BCUT2D eigenvalue weighted by atomic mass is 16.5. The molecule has 0 saturated carbocycles. The van der Waals surface area contributed by atoms with Gasteiger partial charge in [0.05, 0.1) is 29.1 Å². The topological polar surface area (TPSA) is 84.8 Å². The molecule has 0 unspecified atom stereocenters. The fraction of sp³-hybridized carbons (Fsp3) is 0.421. The molecular formula is C19H23N5O2. The fourth-order valence-electron chi connectivity index (χ4n) is 3.85. The first-order valence-corrected chi connectivity index (χ1v) is 8.88. The third-order valence-corrected chi connectivity index (χ3v) is 5.32. The number of benzene rings is 1. The Bertz CT molecular complexity index is 958. The molecule has 1 saturated heterocycles. The summed E-state index contributed by atoms with van der Waals surface area (Å²) in [7, 11) is 1.95. The standard InChI is InChI=1S/C19H23N5O2/c1-11-17(12(2)24(3)23-11)18-13(7-8-26-18)9-20-19(25)14-5-4-6-16-15(14)10-21-22-16/h4-6,10,13,18H,7-9H2,1-3H3,(H,20,25)(H,21,22)/t13-,18+/m1/s1. The van der Waals surface area contributed by atoms with Gasteiger partial charge in [-0.1, -0.05) is 6.07 Å². The normalized spacial score (nSPS) is 20.0. The minimum Gasteiger partial charge on any atom is -0.373 e. The lowest BCUT2D eigenvalue weighted by Gasteiger charge is -2.20. The molecule has 0 spiro atoms. The third kappa shape index (κ3) is 2.78. The lowest BCUT2D eigenvalue weighted by Crippen LogP contribution is -2.30. The van der Waals surface area contributed by atoms with E-state index in [2.05, 4.69) is 27.5 Å². The first-order valence-electron chi connectivity index (χ1n) is 8.88. The Kier molecular flexibility index (Phi) is 4.24. The minimum absolute atomic E-state index is 0.0197. The van der Waals surface area contributed by atoms with Crippen LogP contribution in [0.2, 0.25) is 0 Å². The van der Waals surface area contributed by atoms with E-state index in [0.717, 1.165) is 34.3 Å². The van der Waals surface area contributed by atoms with Crippen molar-refractivity contribution in [2.75, 3.05) is 13.2 Å². The van der Waals surface area contributed by atoms with E-state index in [-0.39, 0.29) is 17.9 Å². The summed E-state index contributed by atoms with van der Waals surface area (Å²) in [4.78, 5) is 12.7. The number of aromatic nitrogens is 4. The van der Waals surface area contributed by atoms with E-state index in [1.807, 2.05) is 36.9 Å². The van der Waals surface area contributed by atoms with Gasteiger partial charge in [-0.2, -0.15) is 10.2 Å². The van der Waals surface area contributed by atoms with Crippen molar-refractivity contribution in [2.45, 2.75) is 26.4 Å². The maximum atomic E-state index is 12.7. The highest BCUT2D eigenvalue weighted by molar-refractivity contribution is 6.06. The molecule has 2 atom stereocenters. The summed E-state index contributed by atoms with van der Waals surface area (Å²) >= 11 is 0. The van der Waals surface area contributed by atoms with Gasteiger partial charge in [-0.15, -0.1) is 0 Å². The van der Waals surface area contributed by atoms with E-state index in [0.29, 0.717) is 18.7 Å². The molecule has 1 aromatic carbocycles. The van der Waals surface area contributed by atoms with E-state index in [9.17, 15) is 4.79 Å². The summed E-state index contributed by atoms with van der Waals surface area (Å²) in [5.41, 5.74) is 4.77. The molecule has 3 heterocycles. The number of carbonyl (C=O) groups excluding carboxylic acids is 1. The lowest BCUT2D eigenvalue weighted by atomic mass is 9.94. The molecule has 1 aliphatic heterocycles. The Morgan fingerprint density at radius 3 is 3.04 bits per heavy atom. The van der Waals surface area contributed by atoms with Gasteiger partial charge >= 0.3 is 0 Å². The number of aromatic amines is 1. The Balaban J connectivity index is 1.50. The molecule has 1 aliphatic rings. The molecule has 3 aromatic rings. The van der Waals surface area contributed by atoms with Crippen LogP contribution in [0.3, 0.4) is 0 Å². The van der Waals surface area contributed by atoms with Crippen LogP contribution in [-0.2, 0) is 11.8 Å². The summed E-state index contributed by atoms with van der Waals surface area (Å²) < 4.78 is 7.89. The van der Waals surface area contributed by atoms with Crippen LogP contribution in [0.5, 0.6) is 0 Å². The highest BCUT2D eigenvalue weighted by Gasteiger charge is 2.33. The monoisotopic (exact) mass is 353 g/mol. The van der Waals surface area contributed by atoms with Gasteiger partial charge in [0.15, 0.2) is 0 Å². The second kappa shape index (κ2) is 6.57. The van der Waals surface area contributed by atoms with E-state index in [4.69, 9.17) is 4.74 Å². The molecule has 7 heteroatoms. The van der Waals surface area contributed by atoms with Crippen molar-refractivity contribution in [3.63, 3.8) is 0 Å². The molecule has 0 radical (unpaired) electrons. The van der Waals surface area contributed by atoms with Crippen molar-refractivity contribution in [1.29, 1.82) is 0 Å². The number of fused-ring (bicyclic) bond motifs is 1. The highest BCUT2D eigenvalue weighted by Crippen LogP contribution is 2.37. The largest absolute Gasteiger partial charge is 0.373 e. The van der Waals surface area contributed by atoms with Gasteiger partial charge in [-0.3, -0.25) is 14.6 Å². The third-order valence-electron chi connectivity index (χ3n) is 5.32. The van der Waals surface area contributed by atoms with E-state index < -0.39 is 0 Å². The van der Waals surface area contributed by atoms with Crippen molar-refractivity contribution in [2.24, 2.45) is 13.0 Å². The molecule has 4 rings (SSSR count). The number of ether oxygens (including phenoxy) is 1. The molecule has 136 valence electrons. The summed E-state index contributed by atoms with van der Waals surface area (Å²) in [6.07, 6.45) is 2.59. The molecule has 2 N–H and O–H groups in total. The number of amides is 1. The van der Waals surface area contributed by atoms with Crippen LogP contribution < -0.4 is 5.32 Å². The van der Waals surface area contributed by atoms with Gasteiger partial charge in [-0.05, 0) is 32.4 Å². The summed E-state index contributed by atoms with van der Waals surface area (Å²) in [5, 5.41) is 15.3. The Labute approximate surface area is 151 Å². The van der Waals surface area contributed by atoms with Crippen molar-refractivity contribution >= 4 is 16.8 Å². The van der Waals surface area contributed by atoms with E-state index in [1.54, 1.807) is 6.20 Å². The van der Waals surface area contributed by atoms with Crippen LogP contribution >= 0.6 is 0 Å². The lowest BCUT2D eigenvalue weighted by molar-refractivity contribution is 0.0840. The van der Waals surface area contributed by atoms with Crippen molar-refractivity contribution in [3.8, 4) is 0 Å². The van der Waals surface area contributed by atoms with Gasteiger partial charge in [-0.25, -0.2) is 0 Å². The van der Waals surface area contributed by atoms with Gasteiger partial charge in [0, 0.05) is 42.8 Å². The van der Waals surface area contributed by atoms with Crippen LogP contribution in [0.1, 0.15) is 39.8 Å². The average Bonchev–Trinajstić information content (AvgIpc) is 3.33. The van der Waals surface area contributed by atoms with Crippen molar-refractivity contribution in [1.82, 2.24) is 25.3 Å². The van der Waals surface area contributed by atoms with Crippen molar-refractivity contribution in [3.05, 3.63) is 46.9 Å². The molecule has 0 bridgehead atoms. The zero-order chi connectivity index (χ0) is 18.3. The maximum Gasteiger partial charge on any atom is 0.252 e. The fourth-order valence-corrected chi connectivity index (χ4v) is 3.85. The van der Waals surface area contributed by atoms with Crippen LogP contribution in [0.25, 0.3) is 10.9 Å². The van der Waals surface area contributed by atoms with Gasteiger partial charge < -0.3 is 10.1 Å². The van der Waals surface area contributed by atoms with E-state index in [1.165, 1.54) is 0 Å². The number of hydrogen-bond donors (Lipinski definition) is 2. The number of nitrogens with zero attached hydrogens (tertiary/aromatic N) is 3. The number of hydrogen-bond acceptors (Lipinski definition) is 4. The quantitative estimate of drug-likeness (QED) is 0.754. The second-order valence-corrected chi connectivity index (χ2v) is 6.90.